The Labute approximate surface area is 103 Å². The zero-order valence-corrected chi connectivity index (χ0v) is 10.00. The van der Waals surface area contributed by atoms with Crippen molar-refractivity contribution in [3.8, 4) is 0 Å². The second kappa shape index (κ2) is 4.95. The molecule has 0 amide bonds. The highest BCUT2D eigenvalue weighted by Gasteiger charge is 2.15. The fraction of sp³-hybridized carbons (Fsp3) is 0.333. The fourth-order valence-electron chi connectivity index (χ4n) is 1.82. The molecule has 0 aliphatic carbocycles. The summed E-state index contributed by atoms with van der Waals surface area (Å²) in [5, 5.41) is 8.90. The van der Waals surface area contributed by atoms with E-state index in [1.165, 1.54) is 10.8 Å². The van der Waals surface area contributed by atoms with Crippen molar-refractivity contribution in [1.29, 1.82) is 0 Å². The Morgan fingerprint density at radius 2 is 2.11 bits per heavy atom. The van der Waals surface area contributed by atoms with Crippen LogP contribution in [0.5, 0.6) is 0 Å². The second-order valence-electron chi connectivity index (χ2n) is 3.98. The van der Waals surface area contributed by atoms with E-state index in [4.69, 9.17) is 9.52 Å². The molecule has 0 unspecified atom stereocenters. The average Bonchev–Trinajstić information content (AvgIpc) is 2.91. The number of rotatable bonds is 5. The molecule has 2 aromatic rings. The van der Waals surface area contributed by atoms with Crippen molar-refractivity contribution < 1.29 is 14.3 Å². The minimum absolute atomic E-state index is 0.120. The van der Waals surface area contributed by atoms with Gasteiger partial charge in [-0.2, -0.15) is 0 Å². The topological polar surface area (TPSA) is 77.4 Å². The highest BCUT2D eigenvalue weighted by Crippen LogP contribution is 2.11. The van der Waals surface area contributed by atoms with Gasteiger partial charge in [0.25, 0.3) is 0 Å². The minimum Gasteiger partial charge on any atom is -0.475 e. The van der Waals surface area contributed by atoms with E-state index in [0.29, 0.717) is 12.1 Å². The van der Waals surface area contributed by atoms with Gasteiger partial charge in [-0.05, 0) is 12.5 Å². The van der Waals surface area contributed by atoms with E-state index in [1.54, 1.807) is 23.0 Å². The van der Waals surface area contributed by atoms with Gasteiger partial charge in [-0.3, -0.25) is 9.13 Å². The van der Waals surface area contributed by atoms with Crippen LogP contribution in [0.1, 0.15) is 29.5 Å². The van der Waals surface area contributed by atoms with Gasteiger partial charge in [-0.15, -0.1) is 0 Å². The normalized spacial score (nSPS) is 10.7. The molecule has 0 aromatic carbocycles. The molecule has 0 aliphatic rings. The van der Waals surface area contributed by atoms with Crippen molar-refractivity contribution in [2.45, 2.75) is 26.4 Å². The van der Waals surface area contributed by atoms with Gasteiger partial charge in [-0.25, -0.2) is 9.59 Å². The summed E-state index contributed by atoms with van der Waals surface area (Å²) in [7, 11) is 0. The summed E-state index contributed by atoms with van der Waals surface area (Å²) in [5.74, 6) is -1.25. The maximum Gasteiger partial charge on any atom is 0.372 e. The Morgan fingerprint density at radius 3 is 2.78 bits per heavy atom. The summed E-state index contributed by atoms with van der Waals surface area (Å²) < 4.78 is 7.93. The van der Waals surface area contributed by atoms with Crippen molar-refractivity contribution in [3.05, 3.63) is 46.5 Å². The molecule has 2 heterocycles. The Hall–Kier alpha value is -2.24. The number of carboxylic acid groups (broad SMARTS) is 1. The number of aryl methyl sites for hydroxylation is 1. The quantitative estimate of drug-likeness (QED) is 0.870. The van der Waals surface area contributed by atoms with Crippen LogP contribution >= 0.6 is 0 Å². The molecular weight excluding hydrogens is 236 g/mol. The van der Waals surface area contributed by atoms with Crippen molar-refractivity contribution in [2.24, 2.45) is 0 Å². The summed E-state index contributed by atoms with van der Waals surface area (Å²) in [4.78, 5) is 22.8. The van der Waals surface area contributed by atoms with Crippen molar-refractivity contribution in [3.63, 3.8) is 0 Å². The van der Waals surface area contributed by atoms with Gasteiger partial charge in [0.05, 0.1) is 12.8 Å². The first kappa shape index (κ1) is 12.2. The molecule has 18 heavy (non-hydrogen) atoms. The van der Waals surface area contributed by atoms with Crippen molar-refractivity contribution in [2.75, 3.05) is 0 Å². The zero-order chi connectivity index (χ0) is 13.1. The Morgan fingerprint density at radius 1 is 1.39 bits per heavy atom. The molecule has 6 nitrogen and oxygen atoms in total. The first-order valence-corrected chi connectivity index (χ1v) is 5.68. The summed E-state index contributed by atoms with van der Waals surface area (Å²) in [5.41, 5.74) is 0.341. The van der Waals surface area contributed by atoms with Gasteiger partial charge < -0.3 is 9.52 Å². The number of hydrogen-bond donors (Lipinski definition) is 1. The first-order valence-electron chi connectivity index (χ1n) is 5.68. The first-order chi connectivity index (χ1) is 8.63. The molecular formula is C12H14N2O4. The summed E-state index contributed by atoms with van der Waals surface area (Å²) in [6.07, 6.45) is 5.53. The van der Waals surface area contributed by atoms with Crippen LogP contribution in [0, 0.1) is 0 Å². The van der Waals surface area contributed by atoms with Gasteiger partial charge in [0, 0.05) is 24.5 Å². The van der Waals surface area contributed by atoms with Gasteiger partial charge in [0.1, 0.15) is 0 Å². The van der Waals surface area contributed by atoms with Crippen molar-refractivity contribution in [1.82, 2.24) is 9.13 Å². The van der Waals surface area contributed by atoms with Crippen molar-refractivity contribution >= 4 is 5.97 Å². The van der Waals surface area contributed by atoms with Crippen LogP contribution in [0.3, 0.4) is 0 Å². The van der Waals surface area contributed by atoms with E-state index in [1.807, 2.05) is 6.92 Å². The molecule has 1 N–H and O–H groups in total. The van der Waals surface area contributed by atoms with E-state index < -0.39 is 5.97 Å². The Balaban J connectivity index is 2.26. The number of nitrogens with zero attached hydrogens (tertiary/aromatic N) is 2. The van der Waals surface area contributed by atoms with E-state index in [0.717, 1.165) is 6.42 Å². The molecule has 0 saturated carbocycles. The second-order valence-corrected chi connectivity index (χ2v) is 3.98. The molecule has 0 fully saturated rings. The molecule has 0 spiro atoms. The zero-order valence-electron chi connectivity index (χ0n) is 10.00. The lowest BCUT2D eigenvalue weighted by molar-refractivity contribution is 0.0660. The molecule has 0 saturated heterocycles. The molecule has 0 aliphatic heterocycles. The molecule has 96 valence electrons. The number of imidazole rings is 1. The lowest BCUT2D eigenvalue weighted by atomic mass is 10.2. The van der Waals surface area contributed by atoms with Crippen LogP contribution in [-0.2, 0) is 13.1 Å². The lowest BCUT2D eigenvalue weighted by Crippen LogP contribution is -2.24. The van der Waals surface area contributed by atoms with E-state index >= 15 is 0 Å². The van der Waals surface area contributed by atoms with Gasteiger partial charge in [0.2, 0.25) is 5.76 Å². The number of aromatic nitrogens is 2. The van der Waals surface area contributed by atoms with Crippen LogP contribution in [0.15, 0.2) is 33.9 Å². The van der Waals surface area contributed by atoms with Crippen LogP contribution < -0.4 is 5.69 Å². The van der Waals surface area contributed by atoms with E-state index in [2.05, 4.69) is 0 Å². The number of furan rings is 1. The lowest BCUT2D eigenvalue weighted by Gasteiger charge is -2.00. The maximum atomic E-state index is 11.9. The fourth-order valence-corrected chi connectivity index (χ4v) is 1.82. The van der Waals surface area contributed by atoms with Gasteiger partial charge in [0.15, 0.2) is 0 Å². The summed E-state index contributed by atoms with van der Waals surface area (Å²) in [6.45, 7) is 2.85. The molecule has 2 rings (SSSR count). The van der Waals surface area contributed by atoms with Gasteiger partial charge >= 0.3 is 11.7 Å². The monoisotopic (exact) mass is 250 g/mol. The number of hydrogen-bond acceptors (Lipinski definition) is 3. The number of aromatic carboxylic acids is 1. The molecule has 0 bridgehead atoms. The molecule has 2 aromatic heterocycles. The summed E-state index contributed by atoms with van der Waals surface area (Å²) in [6, 6.07) is 1.56. The SMILES string of the molecule is CCCn1ccn(Cc2ccoc2C(=O)O)c1=O. The third-order valence-electron chi connectivity index (χ3n) is 2.66. The van der Waals surface area contributed by atoms with Gasteiger partial charge in [-0.1, -0.05) is 6.92 Å². The Kier molecular flexibility index (Phi) is 3.36. The van der Waals surface area contributed by atoms with Crippen LogP contribution in [0.4, 0.5) is 0 Å². The third kappa shape index (κ3) is 2.22. The predicted octanol–water partition coefficient (Wildman–Crippen LogP) is 1.40. The molecule has 0 atom stereocenters. The summed E-state index contributed by atoms with van der Waals surface area (Å²) >= 11 is 0. The third-order valence-corrected chi connectivity index (χ3v) is 2.66. The molecule has 6 heteroatoms. The largest absolute Gasteiger partial charge is 0.475 e. The van der Waals surface area contributed by atoms with E-state index in [-0.39, 0.29) is 18.0 Å². The minimum atomic E-state index is -1.13. The standard InChI is InChI=1S/C12H14N2O4/c1-2-4-13-5-6-14(12(13)17)8-9-3-7-18-10(9)11(15)16/h3,5-7H,2,4,8H2,1H3,(H,15,16). The highest BCUT2D eigenvalue weighted by atomic mass is 16.4. The van der Waals surface area contributed by atoms with E-state index in [9.17, 15) is 9.59 Å². The number of carbonyl (C=O) groups is 1. The highest BCUT2D eigenvalue weighted by molar-refractivity contribution is 5.86. The van der Waals surface area contributed by atoms with Crippen LogP contribution in [0.25, 0.3) is 0 Å². The smallest absolute Gasteiger partial charge is 0.372 e. The predicted molar refractivity (Wildman–Crippen MR) is 63.8 cm³/mol. The van der Waals surface area contributed by atoms with Crippen LogP contribution in [0.2, 0.25) is 0 Å². The van der Waals surface area contributed by atoms with Crippen LogP contribution in [-0.4, -0.2) is 20.2 Å². The number of carboxylic acids is 1. The average molecular weight is 250 g/mol. The Bertz CT molecular complexity index is 606. The maximum absolute atomic E-state index is 11.9. The molecule has 0 radical (unpaired) electrons.